The zero-order valence-corrected chi connectivity index (χ0v) is 7.00. The van der Waals surface area contributed by atoms with Gasteiger partial charge >= 0.3 is 0 Å². The summed E-state index contributed by atoms with van der Waals surface area (Å²) in [5.74, 6) is 0.994. The van der Waals surface area contributed by atoms with Crippen molar-refractivity contribution in [3.63, 3.8) is 0 Å². The highest BCUT2D eigenvalue weighted by atomic mass is 16.1. The minimum absolute atomic E-state index is 0.403. The van der Waals surface area contributed by atoms with Crippen LogP contribution in [0.1, 0.15) is 27.2 Å². The fraction of sp³-hybridized carbons (Fsp3) is 0.667. The molecule has 1 heteroatoms. The Morgan fingerprint density at radius 3 is 2.20 bits per heavy atom. The van der Waals surface area contributed by atoms with Gasteiger partial charge in [-0.25, -0.2) is 0 Å². The molecule has 0 radical (unpaired) electrons. The molecule has 0 aliphatic carbocycles. The smallest absolute Gasteiger partial charge is 0.120 e. The van der Waals surface area contributed by atoms with Crippen molar-refractivity contribution in [2.24, 2.45) is 11.8 Å². The van der Waals surface area contributed by atoms with Crippen molar-refractivity contribution in [1.29, 1.82) is 0 Å². The van der Waals surface area contributed by atoms with Gasteiger partial charge in [0.25, 0.3) is 0 Å². The number of allylic oxidation sites excluding steroid dienone is 2. The van der Waals surface area contributed by atoms with Crippen LogP contribution in [0.5, 0.6) is 0 Å². The van der Waals surface area contributed by atoms with Crippen molar-refractivity contribution in [2.75, 3.05) is 0 Å². The first kappa shape index (κ1) is 9.41. The third kappa shape index (κ3) is 5.54. The molecule has 0 aromatic heterocycles. The molecule has 0 aromatic carbocycles. The molecule has 0 saturated carbocycles. The molecule has 0 saturated heterocycles. The van der Waals surface area contributed by atoms with Crippen molar-refractivity contribution >= 4 is 6.29 Å². The Morgan fingerprint density at radius 2 is 1.80 bits per heavy atom. The fourth-order valence-electron chi connectivity index (χ4n) is 0.642. The summed E-state index contributed by atoms with van der Waals surface area (Å²) in [5, 5.41) is 0. The maximum atomic E-state index is 10.0. The Morgan fingerprint density at radius 1 is 1.20 bits per heavy atom. The van der Waals surface area contributed by atoms with Crippen LogP contribution in [-0.2, 0) is 4.79 Å². The van der Waals surface area contributed by atoms with E-state index in [-0.39, 0.29) is 0 Å². The highest BCUT2D eigenvalue weighted by molar-refractivity contribution is 5.50. The summed E-state index contributed by atoms with van der Waals surface area (Å²) in [6.07, 6.45) is 5.84. The standard InChI is InChI=1S/C9H16O/c1-8(2)4-5-9(3)6-7-10/h4-5,7-9H,6H2,1-3H3. The maximum absolute atomic E-state index is 10.0. The van der Waals surface area contributed by atoms with E-state index in [4.69, 9.17) is 0 Å². The van der Waals surface area contributed by atoms with E-state index in [2.05, 4.69) is 26.0 Å². The predicted octanol–water partition coefficient (Wildman–Crippen LogP) is 2.42. The van der Waals surface area contributed by atoms with Gasteiger partial charge in [-0.3, -0.25) is 0 Å². The number of carbonyl (C=O) groups excluding carboxylic acids is 1. The van der Waals surface area contributed by atoms with Crippen LogP contribution < -0.4 is 0 Å². The van der Waals surface area contributed by atoms with Gasteiger partial charge in [-0.1, -0.05) is 32.9 Å². The van der Waals surface area contributed by atoms with Gasteiger partial charge in [0.15, 0.2) is 0 Å². The molecule has 1 atom stereocenters. The summed E-state index contributed by atoms with van der Waals surface area (Å²) in [5.41, 5.74) is 0. The van der Waals surface area contributed by atoms with Crippen LogP contribution in [-0.4, -0.2) is 6.29 Å². The van der Waals surface area contributed by atoms with Crippen LogP contribution in [0.4, 0.5) is 0 Å². The molecule has 0 fully saturated rings. The topological polar surface area (TPSA) is 17.1 Å². The molecule has 0 spiro atoms. The molecule has 10 heavy (non-hydrogen) atoms. The fourth-order valence-corrected chi connectivity index (χ4v) is 0.642. The average molecular weight is 140 g/mol. The van der Waals surface area contributed by atoms with E-state index < -0.39 is 0 Å². The quantitative estimate of drug-likeness (QED) is 0.433. The molecular formula is C9H16O. The first-order chi connectivity index (χ1) is 4.66. The molecular weight excluding hydrogens is 124 g/mol. The molecule has 0 rings (SSSR count). The summed E-state index contributed by atoms with van der Waals surface area (Å²) < 4.78 is 0. The van der Waals surface area contributed by atoms with E-state index in [1.165, 1.54) is 0 Å². The molecule has 0 N–H and O–H groups in total. The lowest BCUT2D eigenvalue weighted by Crippen LogP contribution is -1.90. The molecule has 0 bridgehead atoms. The largest absolute Gasteiger partial charge is 0.303 e. The van der Waals surface area contributed by atoms with Crippen molar-refractivity contribution in [3.8, 4) is 0 Å². The Labute approximate surface area is 63.1 Å². The SMILES string of the molecule is CC(C)C=CC(C)CC=O. The van der Waals surface area contributed by atoms with Gasteiger partial charge in [-0.05, 0) is 11.8 Å². The highest BCUT2D eigenvalue weighted by Gasteiger charge is 1.93. The Balaban J connectivity index is 3.54. The number of hydrogen-bond acceptors (Lipinski definition) is 1. The van der Waals surface area contributed by atoms with Crippen LogP contribution >= 0.6 is 0 Å². The predicted molar refractivity (Wildman–Crippen MR) is 43.8 cm³/mol. The molecule has 58 valence electrons. The number of aldehydes is 1. The molecule has 0 amide bonds. The van der Waals surface area contributed by atoms with Gasteiger partial charge in [0.2, 0.25) is 0 Å². The molecule has 1 unspecified atom stereocenters. The van der Waals surface area contributed by atoms with Crippen molar-refractivity contribution in [2.45, 2.75) is 27.2 Å². The first-order valence-electron chi connectivity index (χ1n) is 3.78. The second kappa shape index (κ2) is 5.21. The lowest BCUT2D eigenvalue weighted by atomic mass is 10.1. The molecule has 0 aromatic rings. The number of hydrogen-bond donors (Lipinski definition) is 0. The van der Waals surface area contributed by atoms with Crippen molar-refractivity contribution in [3.05, 3.63) is 12.2 Å². The molecule has 0 aliphatic rings. The molecule has 0 heterocycles. The number of rotatable bonds is 4. The zero-order valence-electron chi connectivity index (χ0n) is 7.00. The summed E-state index contributed by atoms with van der Waals surface area (Å²) in [6, 6.07) is 0. The summed E-state index contributed by atoms with van der Waals surface area (Å²) >= 11 is 0. The Kier molecular flexibility index (Phi) is 4.91. The third-order valence-electron chi connectivity index (χ3n) is 1.29. The maximum Gasteiger partial charge on any atom is 0.120 e. The average Bonchev–Trinajstić information content (AvgIpc) is 1.85. The second-order valence-electron chi connectivity index (χ2n) is 3.01. The van der Waals surface area contributed by atoms with Gasteiger partial charge in [0.05, 0.1) is 0 Å². The normalized spacial score (nSPS) is 14.4. The number of carbonyl (C=O) groups is 1. The van der Waals surface area contributed by atoms with E-state index in [0.717, 1.165) is 6.29 Å². The monoisotopic (exact) mass is 140 g/mol. The first-order valence-corrected chi connectivity index (χ1v) is 3.78. The summed E-state index contributed by atoms with van der Waals surface area (Å²) in [6.45, 7) is 6.31. The minimum Gasteiger partial charge on any atom is -0.303 e. The van der Waals surface area contributed by atoms with E-state index in [9.17, 15) is 4.79 Å². The highest BCUT2D eigenvalue weighted by Crippen LogP contribution is 2.03. The van der Waals surface area contributed by atoms with Crippen LogP contribution in [0.3, 0.4) is 0 Å². The summed E-state index contributed by atoms with van der Waals surface area (Å²) in [7, 11) is 0. The van der Waals surface area contributed by atoms with E-state index >= 15 is 0 Å². The van der Waals surface area contributed by atoms with E-state index in [0.29, 0.717) is 18.3 Å². The van der Waals surface area contributed by atoms with Crippen LogP contribution in [0.25, 0.3) is 0 Å². The van der Waals surface area contributed by atoms with Gasteiger partial charge in [0, 0.05) is 6.42 Å². The third-order valence-corrected chi connectivity index (χ3v) is 1.29. The Bertz CT molecular complexity index is 114. The lowest BCUT2D eigenvalue weighted by Gasteiger charge is -1.99. The van der Waals surface area contributed by atoms with Crippen molar-refractivity contribution in [1.82, 2.24) is 0 Å². The molecule has 0 aliphatic heterocycles. The summed E-state index contributed by atoms with van der Waals surface area (Å²) in [4.78, 5) is 10.0. The van der Waals surface area contributed by atoms with Crippen molar-refractivity contribution < 1.29 is 4.79 Å². The lowest BCUT2D eigenvalue weighted by molar-refractivity contribution is -0.108. The van der Waals surface area contributed by atoms with Crippen LogP contribution in [0.15, 0.2) is 12.2 Å². The minimum atomic E-state index is 0.403. The van der Waals surface area contributed by atoms with Gasteiger partial charge in [-0.2, -0.15) is 0 Å². The second-order valence-corrected chi connectivity index (χ2v) is 3.01. The van der Waals surface area contributed by atoms with E-state index in [1.807, 2.05) is 6.92 Å². The van der Waals surface area contributed by atoms with Crippen LogP contribution in [0, 0.1) is 11.8 Å². The van der Waals surface area contributed by atoms with E-state index in [1.54, 1.807) is 0 Å². The van der Waals surface area contributed by atoms with Gasteiger partial charge in [-0.15, -0.1) is 0 Å². The van der Waals surface area contributed by atoms with Gasteiger partial charge in [0.1, 0.15) is 6.29 Å². The van der Waals surface area contributed by atoms with Gasteiger partial charge < -0.3 is 4.79 Å². The molecule has 1 nitrogen and oxygen atoms in total. The zero-order chi connectivity index (χ0) is 7.98. The van der Waals surface area contributed by atoms with Crippen LogP contribution in [0.2, 0.25) is 0 Å². The Hall–Kier alpha value is -0.590.